The number of aryl methyl sites for hydroxylation is 1. The standard InChI is InChI=1S/C27H22ClN3O5S2/c1-18-10-11-19(28)16-24(18)30-37(33,34)21-14-12-20(13-15-21)29-27(32)17-31-25-8-4-2-6-22(25)23-7-3-5-9-26(23)38(31,35)36/h2-16,30H,17H2,1H3,(H,29,32). The lowest BCUT2D eigenvalue weighted by Crippen LogP contribution is -2.40. The first-order valence-electron chi connectivity index (χ1n) is 11.5. The van der Waals surface area contributed by atoms with E-state index in [1.165, 1.54) is 36.4 Å². The van der Waals surface area contributed by atoms with Gasteiger partial charge in [-0.2, -0.15) is 0 Å². The van der Waals surface area contributed by atoms with Crippen molar-refractivity contribution < 1.29 is 21.6 Å². The van der Waals surface area contributed by atoms with E-state index in [-0.39, 0.29) is 9.79 Å². The third-order valence-electron chi connectivity index (χ3n) is 6.10. The highest BCUT2D eigenvalue weighted by molar-refractivity contribution is 7.93. The van der Waals surface area contributed by atoms with Crippen molar-refractivity contribution in [3.63, 3.8) is 0 Å². The number of halogens is 1. The van der Waals surface area contributed by atoms with Gasteiger partial charge in [-0.25, -0.2) is 16.8 Å². The lowest BCUT2D eigenvalue weighted by Gasteiger charge is -2.31. The van der Waals surface area contributed by atoms with Crippen LogP contribution in [0.15, 0.2) is 101 Å². The fourth-order valence-corrected chi connectivity index (χ4v) is 7.15. The summed E-state index contributed by atoms with van der Waals surface area (Å²) in [5, 5.41) is 3.05. The minimum Gasteiger partial charge on any atom is -0.325 e. The molecule has 38 heavy (non-hydrogen) atoms. The van der Waals surface area contributed by atoms with Crippen LogP contribution in [0.25, 0.3) is 11.1 Å². The molecule has 4 aromatic rings. The van der Waals surface area contributed by atoms with Gasteiger partial charge in [-0.1, -0.05) is 54.1 Å². The second-order valence-electron chi connectivity index (χ2n) is 8.66. The molecule has 0 unspecified atom stereocenters. The van der Waals surface area contributed by atoms with Crippen LogP contribution >= 0.6 is 11.6 Å². The molecule has 4 aromatic carbocycles. The fraction of sp³-hybridized carbons (Fsp3) is 0.0741. The van der Waals surface area contributed by atoms with Crippen molar-refractivity contribution in [2.75, 3.05) is 20.9 Å². The van der Waals surface area contributed by atoms with Gasteiger partial charge in [-0.3, -0.25) is 13.8 Å². The first kappa shape index (κ1) is 25.8. The Bertz CT molecular complexity index is 1770. The van der Waals surface area contributed by atoms with E-state index in [0.717, 1.165) is 4.31 Å². The molecule has 0 saturated carbocycles. The Kier molecular flexibility index (Phi) is 6.64. The van der Waals surface area contributed by atoms with Gasteiger partial charge in [-0.05, 0) is 61.0 Å². The smallest absolute Gasteiger partial charge is 0.265 e. The van der Waals surface area contributed by atoms with E-state index >= 15 is 0 Å². The minimum atomic E-state index is -3.97. The summed E-state index contributed by atoms with van der Waals surface area (Å²) in [4.78, 5) is 13.0. The van der Waals surface area contributed by atoms with Gasteiger partial charge >= 0.3 is 0 Å². The molecule has 0 atom stereocenters. The molecule has 0 spiro atoms. The molecule has 5 rings (SSSR count). The summed E-state index contributed by atoms with van der Waals surface area (Å²) in [6.45, 7) is 1.30. The van der Waals surface area contributed by atoms with Gasteiger partial charge in [0.15, 0.2) is 0 Å². The van der Waals surface area contributed by atoms with Crippen LogP contribution in [0.1, 0.15) is 5.56 Å². The van der Waals surface area contributed by atoms with E-state index in [2.05, 4.69) is 10.0 Å². The molecule has 0 radical (unpaired) electrons. The molecule has 0 saturated heterocycles. The summed E-state index contributed by atoms with van der Waals surface area (Å²) in [7, 11) is -7.88. The average Bonchev–Trinajstić information content (AvgIpc) is 2.89. The maximum Gasteiger partial charge on any atom is 0.265 e. The lowest BCUT2D eigenvalue weighted by molar-refractivity contribution is -0.114. The van der Waals surface area contributed by atoms with Gasteiger partial charge in [0.25, 0.3) is 20.0 Å². The van der Waals surface area contributed by atoms with Gasteiger partial charge in [0.05, 0.1) is 21.2 Å². The number of fused-ring (bicyclic) bond motifs is 3. The van der Waals surface area contributed by atoms with Gasteiger partial charge in [-0.15, -0.1) is 0 Å². The van der Waals surface area contributed by atoms with Crippen molar-refractivity contribution in [3.05, 3.63) is 102 Å². The maximum atomic E-state index is 13.4. The molecule has 1 amide bonds. The molecule has 2 N–H and O–H groups in total. The zero-order valence-electron chi connectivity index (χ0n) is 20.1. The summed E-state index contributed by atoms with van der Waals surface area (Å²) in [5.41, 5.74) is 3.08. The number of anilines is 3. The summed E-state index contributed by atoms with van der Waals surface area (Å²) >= 11 is 5.99. The first-order chi connectivity index (χ1) is 18.1. The number of amides is 1. The number of nitrogens with zero attached hydrogens (tertiary/aromatic N) is 1. The van der Waals surface area contributed by atoms with Crippen LogP contribution in [0, 0.1) is 6.92 Å². The highest BCUT2D eigenvalue weighted by Crippen LogP contribution is 2.42. The van der Waals surface area contributed by atoms with Crippen LogP contribution in [0.3, 0.4) is 0 Å². The Morgan fingerprint density at radius 3 is 2.29 bits per heavy atom. The van der Waals surface area contributed by atoms with E-state index in [1.54, 1.807) is 49.4 Å². The van der Waals surface area contributed by atoms with Crippen molar-refractivity contribution in [3.8, 4) is 11.1 Å². The van der Waals surface area contributed by atoms with Crippen molar-refractivity contribution in [1.82, 2.24) is 0 Å². The lowest BCUT2D eigenvalue weighted by atomic mass is 10.0. The van der Waals surface area contributed by atoms with Crippen molar-refractivity contribution in [1.29, 1.82) is 0 Å². The number of hydrogen-bond acceptors (Lipinski definition) is 5. The first-order valence-corrected chi connectivity index (χ1v) is 14.8. The normalized spacial score (nSPS) is 13.8. The molecule has 194 valence electrons. The van der Waals surface area contributed by atoms with E-state index in [4.69, 9.17) is 11.6 Å². The molecule has 1 aliphatic heterocycles. The van der Waals surface area contributed by atoms with Gasteiger partial charge in [0, 0.05) is 21.8 Å². The number of carbonyl (C=O) groups excluding carboxylic acids is 1. The molecule has 1 aliphatic rings. The Morgan fingerprint density at radius 2 is 1.55 bits per heavy atom. The second kappa shape index (κ2) is 9.79. The number of hydrogen-bond donors (Lipinski definition) is 2. The number of para-hydroxylation sites is 1. The van der Waals surface area contributed by atoms with Crippen LogP contribution in [-0.2, 0) is 24.8 Å². The predicted molar refractivity (Wildman–Crippen MR) is 148 cm³/mol. The molecule has 1 heterocycles. The summed E-state index contributed by atoms with van der Waals surface area (Å²) in [6, 6.07) is 24.1. The Labute approximate surface area is 226 Å². The van der Waals surface area contributed by atoms with Crippen molar-refractivity contribution in [2.45, 2.75) is 16.7 Å². The van der Waals surface area contributed by atoms with Crippen molar-refractivity contribution >= 4 is 54.6 Å². The molecule has 0 aromatic heterocycles. The monoisotopic (exact) mass is 567 g/mol. The topological polar surface area (TPSA) is 113 Å². The van der Waals surface area contributed by atoms with Crippen LogP contribution in [-0.4, -0.2) is 29.3 Å². The van der Waals surface area contributed by atoms with E-state index in [1.807, 2.05) is 12.1 Å². The van der Waals surface area contributed by atoms with Gasteiger partial charge in [0.1, 0.15) is 6.54 Å². The van der Waals surface area contributed by atoms with Gasteiger partial charge in [0.2, 0.25) is 5.91 Å². The quantitative estimate of drug-likeness (QED) is 0.330. The van der Waals surface area contributed by atoms with E-state index in [0.29, 0.717) is 38.8 Å². The number of nitrogens with one attached hydrogen (secondary N) is 2. The van der Waals surface area contributed by atoms with E-state index < -0.39 is 32.5 Å². The molecular weight excluding hydrogens is 546 g/mol. The molecular formula is C27H22ClN3O5S2. The Hall–Kier alpha value is -3.86. The predicted octanol–water partition coefficient (Wildman–Crippen LogP) is 5.26. The molecule has 0 aliphatic carbocycles. The van der Waals surface area contributed by atoms with E-state index in [9.17, 15) is 21.6 Å². The summed E-state index contributed by atoms with van der Waals surface area (Å²) in [6.07, 6.45) is 0. The third-order valence-corrected chi connectivity index (χ3v) is 9.53. The number of sulfonamides is 2. The molecule has 0 bridgehead atoms. The second-order valence-corrected chi connectivity index (χ2v) is 12.6. The largest absolute Gasteiger partial charge is 0.325 e. The Morgan fingerprint density at radius 1 is 0.895 bits per heavy atom. The highest BCUT2D eigenvalue weighted by Gasteiger charge is 2.35. The summed E-state index contributed by atoms with van der Waals surface area (Å²) < 4.78 is 56.0. The molecule has 0 fully saturated rings. The SMILES string of the molecule is Cc1ccc(Cl)cc1NS(=O)(=O)c1ccc(NC(=O)CN2c3ccccc3-c3ccccc3S2(=O)=O)cc1. The molecule has 11 heteroatoms. The number of benzene rings is 4. The number of carbonyl (C=O) groups is 1. The zero-order valence-corrected chi connectivity index (χ0v) is 22.4. The van der Waals surface area contributed by atoms with Crippen LogP contribution in [0.4, 0.5) is 17.1 Å². The Balaban J connectivity index is 1.34. The van der Waals surface area contributed by atoms with Crippen molar-refractivity contribution in [2.24, 2.45) is 0 Å². The minimum absolute atomic E-state index is 0.0148. The average molecular weight is 568 g/mol. The van der Waals surface area contributed by atoms with Gasteiger partial charge < -0.3 is 5.32 Å². The highest BCUT2D eigenvalue weighted by atomic mass is 35.5. The van der Waals surface area contributed by atoms with Crippen LogP contribution in [0.5, 0.6) is 0 Å². The zero-order chi connectivity index (χ0) is 27.1. The summed E-state index contributed by atoms with van der Waals surface area (Å²) in [5.74, 6) is -0.578. The van der Waals surface area contributed by atoms with Crippen LogP contribution in [0.2, 0.25) is 5.02 Å². The maximum absolute atomic E-state index is 13.4. The molecule has 8 nitrogen and oxygen atoms in total. The van der Waals surface area contributed by atoms with Crippen LogP contribution < -0.4 is 14.3 Å². The number of rotatable bonds is 6. The third kappa shape index (κ3) is 4.85. The fourth-order valence-electron chi connectivity index (χ4n) is 4.21.